The van der Waals surface area contributed by atoms with Gasteiger partial charge in [-0.25, -0.2) is 0 Å². The van der Waals surface area contributed by atoms with Gasteiger partial charge in [0, 0.05) is 17.1 Å². The van der Waals surface area contributed by atoms with Crippen molar-refractivity contribution in [2.24, 2.45) is 0 Å². The van der Waals surface area contributed by atoms with E-state index in [4.69, 9.17) is 12.3 Å². The van der Waals surface area contributed by atoms with Gasteiger partial charge in [-0.15, -0.1) is 0 Å². The summed E-state index contributed by atoms with van der Waals surface area (Å²) < 4.78 is 193. The number of nitrogens with zero attached hydrogens (tertiary/aromatic N) is 1. The summed E-state index contributed by atoms with van der Waals surface area (Å²) >= 11 is 0. The summed E-state index contributed by atoms with van der Waals surface area (Å²) in [5.74, 6) is 0. The Labute approximate surface area is 386 Å². The molecule has 11 rings (SSSR count). The van der Waals surface area contributed by atoms with E-state index in [0.29, 0.717) is 15.8 Å². The SMILES string of the molecule is [2H]c1c([2H])c([2H])c(-c2c([2H])c([2H])c(-c3c([2H])c([2H])c(N(c4c([2H])c([2H])c(-c5cccc(-c6cccc7ccccc67)c5)c([2H])c4[2H])c4c([2H])c([2H])c(-c5ccc6c(ccc7ccccc76)c5)c([2H])c4[2H])c([2H])c3[2H])c([2H])c2[2H])c([2H])c1[2H]. The standard InChI is InChI=1S/C60H41N/c1-2-10-42(11-3-1)43-20-22-44(23-21-43)45-26-33-54(34-27-45)61(56-37-30-47(31-38-56)51-32-39-60-53(41-51)25-24-49-13-5-7-18-58(49)60)55-35-28-46(29-36-55)50-15-8-16-52(40-50)59-19-9-14-48-12-4-6-17-57(48)59/h1-41H/i1D,2D,3D,10D,11D,20D,21D,22D,23D,26D,27D,28D,29D,30D,31D,33D,34D,35D,36D,37D,38D. The van der Waals surface area contributed by atoms with Gasteiger partial charge in [0.15, 0.2) is 0 Å². The van der Waals surface area contributed by atoms with E-state index in [0.717, 1.165) is 32.5 Å². The van der Waals surface area contributed by atoms with Gasteiger partial charge in [0.1, 0.15) is 0 Å². The molecule has 1 nitrogen and oxygen atoms in total. The average Bonchev–Trinajstić information content (AvgIpc) is 2.38. The number of rotatable bonds is 8. The Balaban J connectivity index is 1.16. The van der Waals surface area contributed by atoms with Crippen molar-refractivity contribution in [3.05, 3.63) is 248 Å². The van der Waals surface area contributed by atoms with Crippen molar-refractivity contribution in [3.8, 4) is 55.6 Å². The summed E-state index contributed by atoms with van der Waals surface area (Å²) in [6.45, 7) is 0. The van der Waals surface area contributed by atoms with Gasteiger partial charge < -0.3 is 4.90 Å². The third kappa shape index (κ3) is 7.03. The van der Waals surface area contributed by atoms with Crippen LogP contribution in [0.15, 0.2) is 248 Å². The van der Waals surface area contributed by atoms with Gasteiger partial charge in [0.05, 0.1) is 28.8 Å². The molecule has 0 aliphatic rings. The van der Waals surface area contributed by atoms with Crippen molar-refractivity contribution in [2.45, 2.75) is 0 Å². The third-order valence-corrected chi connectivity index (χ3v) is 10.4. The molecule has 0 saturated heterocycles. The van der Waals surface area contributed by atoms with Gasteiger partial charge in [0.2, 0.25) is 0 Å². The Morgan fingerprint density at radius 2 is 0.689 bits per heavy atom. The van der Waals surface area contributed by atoms with Gasteiger partial charge >= 0.3 is 0 Å². The second-order valence-electron chi connectivity index (χ2n) is 14.1. The molecule has 0 atom stereocenters. The van der Waals surface area contributed by atoms with Gasteiger partial charge in [0.25, 0.3) is 0 Å². The molecule has 61 heavy (non-hydrogen) atoms. The van der Waals surface area contributed by atoms with Crippen LogP contribution < -0.4 is 4.90 Å². The van der Waals surface area contributed by atoms with E-state index in [-0.39, 0.29) is 22.3 Å². The molecule has 0 spiro atoms. The van der Waals surface area contributed by atoms with E-state index < -0.39 is 166 Å². The zero-order chi connectivity index (χ0) is 58.8. The van der Waals surface area contributed by atoms with Crippen LogP contribution in [0.25, 0.3) is 88.0 Å². The molecule has 286 valence electrons. The van der Waals surface area contributed by atoms with Crippen molar-refractivity contribution >= 4 is 49.4 Å². The molecule has 11 aromatic carbocycles. The topological polar surface area (TPSA) is 3.24 Å². The van der Waals surface area contributed by atoms with Crippen molar-refractivity contribution in [1.29, 1.82) is 0 Å². The number of hydrogen-bond donors (Lipinski definition) is 0. The lowest BCUT2D eigenvalue weighted by Crippen LogP contribution is -2.09. The highest BCUT2D eigenvalue weighted by Gasteiger charge is 2.15. The maximum Gasteiger partial charge on any atom is 0.0645 e. The van der Waals surface area contributed by atoms with E-state index in [1.165, 1.54) is 0 Å². The fourth-order valence-corrected chi connectivity index (χ4v) is 7.43. The van der Waals surface area contributed by atoms with E-state index >= 15 is 0 Å². The normalized spacial score (nSPS) is 16.1. The molecule has 0 fully saturated rings. The molecule has 11 aromatic rings. The summed E-state index contributed by atoms with van der Waals surface area (Å²) in [4.78, 5) is 0.634. The molecule has 0 aromatic heterocycles. The van der Waals surface area contributed by atoms with Crippen LogP contribution in [-0.4, -0.2) is 0 Å². The van der Waals surface area contributed by atoms with Crippen LogP contribution in [0.1, 0.15) is 28.8 Å². The number of hydrogen-bond acceptors (Lipinski definition) is 1. The van der Waals surface area contributed by atoms with Crippen LogP contribution in [-0.2, 0) is 0 Å². The Hall–Kier alpha value is -8.00. The van der Waals surface area contributed by atoms with Crippen LogP contribution in [0.5, 0.6) is 0 Å². The maximum atomic E-state index is 9.71. The van der Waals surface area contributed by atoms with Crippen molar-refractivity contribution in [2.75, 3.05) is 4.90 Å². The minimum Gasteiger partial charge on any atom is -0.311 e. The van der Waals surface area contributed by atoms with Crippen LogP contribution in [0.2, 0.25) is 0 Å². The first-order valence-electron chi connectivity index (χ1n) is 29.8. The van der Waals surface area contributed by atoms with Gasteiger partial charge in [-0.1, -0.05) is 200 Å². The van der Waals surface area contributed by atoms with Crippen molar-refractivity contribution in [3.63, 3.8) is 0 Å². The Morgan fingerprint density at radius 3 is 1.31 bits per heavy atom. The molecule has 0 aliphatic carbocycles. The van der Waals surface area contributed by atoms with Crippen LogP contribution in [0, 0.1) is 0 Å². The third-order valence-electron chi connectivity index (χ3n) is 10.4. The molecular weight excluding hydrogens is 735 g/mol. The van der Waals surface area contributed by atoms with E-state index in [2.05, 4.69) is 0 Å². The second-order valence-corrected chi connectivity index (χ2v) is 14.1. The lowest BCUT2D eigenvalue weighted by atomic mass is 9.95. The minimum absolute atomic E-state index is 0.181. The van der Waals surface area contributed by atoms with Gasteiger partial charge in [-0.05, 0) is 136 Å². The fraction of sp³-hybridized carbons (Fsp3) is 0. The van der Waals surface area contributed by atoms with E-state index in [9.17, 15) is 16.4 Å². The first-order valence-corrected chi connectivity index (χ1v) is 19.3. The first-order chi connectivity index (χ1) is 39.0. The Bertz CT molecular complexity index is 4460. The summed E-state index contributed by atoms with van der Waals surface area (Å²) in [6.07, 6.45) is 0. The van der Waals surface area contributed by atoms with Gasteiger partial charge in [-0.2, -0.15) is 0 Å². The fourth-order valence-electron chi connectivity index (χ4n) is 7.43. The lowest BCUT2D eigenvalue weighted by Gasteiger charge is -2.26. The summed E-state index contributed by atoms with van der Waals surface area (Å²) in [6, 6.07) is 18.5. The highest BCUT2D eigenvalue weighted by molar-refractivity contribution is 6.08. The summed E-state index contributed by atoms with van der Waals surface area (Å²) in [7, 11) is 0. The van der Waals surface area contributed by atoms with E-state index in [1.54, 1.807) is 36.4 Å². The van der Waals surface area contributed by atoms with E-state index in [1.807, 2.05) is 84.9 Å². The molecule has 0 bridgehead atoms. The van der Waals surface area contributed by atoms with Crippen molar-refractivity contribution < 1.29 is 28.8 Å². The molecular formula is C60H41N. The zero-order valence-electron chi connectivity index (χ0n) is 53.0. The molecule has 1 heteroatoms. The minimum atomic E-state index is -1.08. The second kappa shape index (κ2) is 15.6. The predicted octanol–water partition coefficient (Wildman–Crippen LogP) is 17.0. The monoisotopic (exact) mass is 796 g/mol. The molecule has 0 aliphatic heterocycles. The first kappa shape index (κ1) is 20.3. The maximum absolute atomic E-state index is 9.71. The van der Waals surface area contributed by atoms with Crippen molar-refractivity contribution in [1.82, 2.24) is 0 Å². The summed E-state index contributed by atoms with van der Waals surface area (Å²) in [5, 5.41) is 5.29. The highest BCUT2D eigenvalue weighted by atomic mass is 15.1. The van der Waals surface area contributed by atoms with Crippen LogP contribution in [0.4, 0.5) is 17.1 Å². The zero-order valence-corrected chi connectivity index (χ0v) is 32.0. The predicted molar refractivity (Wildman–Crippen MR) is 261 cm³/mol. The lowest BCUT2D eigenvalue weighted by molar-refractivity contribution is 1.28. The van der Waals surface area contributed by atoms with Gasteiger partial charge in [-0.3, -0.25) is 0 Å². The molecule has 0 N–H and O–H groups in total. The highest BCUT2D eigenvalue weighted by Crippen LogP contribution is 2.39. The Morgan fingerprint density at radius 1 is 0.262 bits per heavy atom. The molecule has 0 heterocycles. The van der Waals surface area contributed by atoms with Crippen LogP contribution >= 0.6 is 0 Å². The smallest absolute Gasteiger partial charge is 0.0645 e. The number of anilines is 3. The molecule has 0 radical (unpaired) electrons. The Kier molecular flexibility index (Phi) is 5.21. The van der Waals surface area contributed by atoms with Crippen LogP contribution in [0.3, 0.4) is 0 Å². The molecule has 0 amide bonds. The quantitative estimate of drug-likeness (QED) is 0.138. The number of benzene rings is 11. The number of fused-ring (bicyclic) bond motifs is 4. The molecule has 0 unspecified atom stereocenters. The molecule has 0 saturated carbocycles. The largest absolute Gasteiger partial charge is 0.311 e. The summed E-state index contributed by atoms with van der Waals surface area (Å²) in [5.41, 5.74) is -3.83. The average molecular weight is 797 g/mol.